The molecule has 0 radical (unpaired) electrons. The maximum absolute atomic E-state index is 11.9. The maximum atomic E-state index is 11.9. The van der Waals surface area contributed by atoms with Gasteiger partial charge >= 0.3 is 12.1 Å². The second-order valence-corrected chi connectivity index (χ2v) is 5.99. The third-order valence-corrected chi connectivity index (χ3v) is 4.39. The van der Waals surface area contributed by atoms with Crippen molar-refractivity contribution in [3.63, 3.8) is 0 Å². The summed E-state index contributed by atoms with van der Waals surface area (Å²) in [6, 6.07) is 15.2. The topological polar surface area (TPSA) is 102 Å². The molecule has 6 nitrogen and oxygen atoms in total. The van der Waals surface area contributed by atoms with Crippen molar-refractivity contribution in [2.75, 3.05) is 13.2 Å². The van der Waals surface area contributed by atoms with Gasteiger partial charge in [-0.1, -0.05) is 48.5 Å². The zero-order chi connectivity index (χ0) is 17.8. The average Bonchev–Trinajstić information content (AvgIpc) is 2.94. The number of carboxylic acid groups (broad SMARTS) is 1. The first kappa shape index (κ1) is 17.0. The van der Waals surface area contributed by atoms with Crippen LogP contribution in [-0.4, -0.2) is 36.4 Å². The quantitative estimate of drug-likeness (QED) is 0.749. The fraction of sp³-hybridized carbons (Fsp3) is 0.263. The molecule has 3 rings (SSSR count). The van der Waals surface area contributed by atoms with Gasteiger partial charge in [-0.05, 0) is 28.7 Å². The first-order valence-corrected chi connectivity index (χ1v) is 8.15. The van der Waals surface area contributed by atoms with Crippen molar-refractivity contribution >= 4 is 12.1 Å². The molecule has 0 saturated carbocycles. The molecule has 2 aromatic rings. The van der Waals surface area contributed by atoms with E-state index in [1.165, 1.54) is 11.1 Å². The van der Waals surface area contributed by atoms with Gasteiger partial charge < -0.3 is 20.9 Å². The van der Waals surface area contributed by atoms with Gasteiger partial charge in [0.15, 0.2) is 0 Å². The minimum Gasteiger partial charge on any atom is -0.480 e. The molecule has 0 aliphatic heterocycles. The van der Waals surface area contributed by atoms with Crippen LogP contribution in [0.15, 0.2) is 48.5 Å². The van der Waals surface area contributed by atoms with E-state index in [1.54, 1.807) is 0 Å². The van der Waals surface area contributed by atoms with Crippen molar-refractivity contribution in [3.8, 4) is 11.1 Å². The van der Waals surface area contributed by atoms with Crippen molar-refractivity contribution in [1.29, 1.82) is 0 Å². The highest BCUT2D eigenvalue weighted by atomic mass is 16.5. The second-order valence-electron chi connectivity index (χ2n) is 5.99. The van der Waals surface area contributed by atoms with E-state index in [0.717, 1.165) is 11.1 Å². The Kier molecular flexibility index (Phi) is 5.00. The summed E-state index contributed by atoms with van der Waals surface area (Å²) in [5.74, 6) is -1.09. The molecule has 2 aromatic carbocycles. The lowest BCUT2D eigenvalue weighted by atomic mass is 9.98. The summed E-state index contributed by atoms with van der Waals surface area (Å²) in [4.78, 5) is 22.5. The Balaban J connectivity index is 1.60. The lowest BCUT2D eigenvalue weighted by Crippen LogP contribution is -2.35. The zero-order valence-electron chi connectivity index (χ0n) is 13.6. The van der Waals surface area contributed by atoms with Crippen LogP contribution in [0.4, 0.5) is 4.79 Å². The van der Waals surface area contributed by atoms with Crippen molar-refractivity contribution < 1.29 is 19.4 Å². The van der Waals surface area contributed by atoms with Gasteiger partial charge in [0, 0.05) is 12.5 Å². The van der Waals surface area contributed by atoms with Crippen LogP contribution >= 0.6 is 0 Å². The summed E-state index contributed by atoms with van der Waals surface area (Å²) in [7, 11) is 0. The predicted octanol–water partition coefficient (Wildman–Crippen LogP) is 2.33. The van der Waals surface area contributed by atoms with Crippen LogP contribution in [0.1, 0.15) is 23.5 Å². The number of carboxylic acids is 1. The number of nitrogens with one attached hydrogen (secondary N) is 1. The molecule has 25 heavy (non-hydrogen) atoms. The fourth-order valence-corrected chi connectivity index (χ4v) is 3.10. The third-order valence-electron chi connectivity index (χ3n) is 4.39. The lowest BCUT2D eigenvalue weighted by molar-refractivity contribution is -0.138. The van der Waals surface area contributed by atoms with E-state index in [4.69, 9.17) is 15.6 Å². The second kappa shape index (κ2) is 7.36. The number of ether oxygens (including phenoxy) is 1. The Morgan fingerprint density at radius 3 is 2.20 bits per heavy atom. The number of aliphatic carboxylic acids is 1. The number of carbonyl (C=O) groups excluding carboxylic acids is 1. The minimum atomic E-state index is -1.09. The highest BCUT2D eigenvalue weighted by Gasteiger charge is 2.28. The highest BCUT2D eigenvalue weighted by molar-refractivity contribution is 5.79. The molecule has 0 aromatic heterocycles. The molecule has 0 bridgehead atoms. The highest BCUT2D eigenvalue weighted by Crippen LogP contribution is 2.44. The summed E-state index contributed by atoms with van der Waals surface area (Å²) < 4.78 is 5.34. The van der Waals surface area contributed by atoms with Crippen LogP contribution in [0.2, 0.25) is 0 Å². The summed E-state index contributed by atoms with van der Waals surface area (Å²) in [6.45, 7) is 0.384. The van der Waals surface area contributed by atoms with Crippen LogP contribution < -0.4 is 11.1 Å². The molecule has 4 N–H and O–H groups in total. The predicted molar refractivity (Wildman–Crippen MR) is 93.3 cm³/mol. The Hall–Kier alpha value is -2.86. The Labute approximate surface area is 145 Å². The largest absolute Gasteiger partial charge is 0.480 e. The molecule has 1 unspecified atom stereocenters. The molecule has 0 saturated heterocycles. The van der Waals surface area contributed by atoms with Crippen LogP contribution in [0, 0.1) is 0 Å². The van der Waals surface area contributed by atoms with Gasteiger partial charge in [0.25, 0.3) is 0 Å². The van der Waals surface area contributed by atoms with Gasteiger partial charge in [-0.2, -0.15) is 0 Å². The Morgan fingerprint density at radius 2 is 1.64 bits per heavy atom. The monoisotopic (exact) mass is 340 g/mol. The van der Waals surface area contributed by atoms with E-state index < -0.39 is 18.1 Å². The van der Waals surface area contributed by atoms with Crippen molar-refractivity contribution in [3.05, 3.63) is 59.7 Å². The molecular formula is C19H20N2O4. The van der Waals surface area contributed by atoms with Gasteiger partial charge in [-0.15, -0.1) is 0 Å². The van der Waals surface area contributed by atoms with E-state index in [1.807, 2.05) is 36.4 Å². The van der Waals surface area contributed by atoms with E-state index in [9.17, 15) is 9.59 Å². The molecule has 1 amide bonds. The number of amides is 1. The average molecular weight is 340 g/mol. The van der Waals surface area contributed by atoms with Gasteiger partial charge in [-0.25, -0.2) is 4.79 Å². The number of carbonyl (C=O) groups is 2. The summed E-state index contributed by atoms with van der Waals surface area (Å²) in [5.41, 5.74) is 10.0. The van der Waals surface area contributed by atoms with E-state index >= 15 is 0 Å². The van der Waals surface area contributed by atoms with Crippen molar-refractivity contribution in [2.45, 2.75) is 18.4 Å². The molecule has 130 valence electrons. The van der Waals surface area contributed by atoms with Crippen molar-refractivity contribution in [1.82, 2.24) is 5.32 Å². The van der Waals surface area contributed by atoms with Crippen LogP contribution in [0.3, 0.4) is 0 Å². The normalized spacial score (nSPS) is 13.6. The summed E-state index contributed by atoms with van der Waals surface area (Å²) in [6.07, 6.45) is -0.418. The smallest absolute Gasteiger partial charge is 0.407 e. The van der Waals surface area contributed by atoms with Gasteiger partial charge in [0.05, 0.1) is 0 Å². The van der Waals surface area contributed by atoms with Crippen LogP contribution in [0.25, 0.3) is 11.1 Å². The number of alkyl carbamates (subject to hydrolysis) is 1. The van der Waals surface area contributed by atoms with E-state index in [2.05, 4.69) is 17.4 Å². The number of hydrogen-bond donors (Lipinski definition) is 3. The molecule has 6 heteroatoms. The van der Waals surface area contributed by atoms with Crippen LogP contribution in [0.5, 0.6) is 0 Å². The number of fused-ring (bicyclic) bond motifs is 3. The molecule has 0 spiro atoms. The maximum Gasteiger partial charge on any atom is 0.407 e. The number of nitrogens with two attached hydrogens (primary N) is 1. The zero-order valence-corrected chi connectivity index (χ0v) is 13.6. The molecule has 1 atom stereocenters. The molecule has 1 aliphatic carbocycles. The SMILES string of the molecule is NC(CCNC(=O)OCC1c2ccccc2-c2ccccc21)C(=O)O. The standard InChI is InChI=1S/C19H20N2O4/c20-17(18(22)23)9-10-21-19(24)25-11-16-14-7-3-1-5-12(14)13-6-2-4-8-15(13)16/h1-8,16-17H,9-11,20H2,(H,21,24)(H,22,23). The fourth-order valence-electron chi connectivity index (χ4n) is 3.10. The Bertz CT molecular complexity index is 745. The van der Waals surface area contributed by atoms with E-state index in [0.29, 0.717) is 0 Å². The lowest BCUT2D eigenvalue weighted by Gasteiger charge is -2.15. The molecular weight excluding hydrogens is 320 g/mol. The molecule has 0 heterocycles. The van der Waals surface area contributed by atoms with Gasteiger partial charge in [-0.3, -0.25) is 4.79 Å². The van der Waals surface area contributed by atoms with Crippen molar-refractivity contribution in [2.24, 2.45) is 5.73 Å². The number of benzene rings is 2. The first-order valence-electron chi connectivity index (χ1n) is 8.15. The third kappa shape index (κ3) is 3.64. The summed E-state index contributed by atoms with van der Waals surface area (Å²) in [5, 5.41) is 11.2. The Morgan fingerprint density at radius 1 is 1.08 bits per heavy atom. The molecule has 1 aliphatic rings. The van der Waals surface area contributed by atoms with Crippen LogP contribution in [-0.2, 0) is 9.53 Å². The number of hydrogen-bond acceptors (Lipinski definition) is 4. The van der Waals surface area contributed by atoms with Gasteiger partial charge in [0.2, 0.25) is 0 Å². The minimum absolute atomic E-state index is 0.000531. The summed E-state index contributed by atoms with van der Waals surface area (Å²) >= 11 is 0. The van der Waals surface area contributed by atoms with E-state index in [-0.39, 0.29) is 25.5 Å². The molecule has 0 fully saturated rings. The number of rotatable bonds is 6. The first-order chi connectivity index (χ1) is 12.1. The van der Waals surface area contributed by atoms with Gasteiger partial charge in [0.1, 0.15) is 12.6 Å².